The average Bonchev–Trinajstić information content (AvgIpc) is 3.74. The summed E-state index contributed by atoms with van der Waals surface area (Å²) in [6.07, 6.45) is 8.50. The Labute approximate surface area is 398 Å². The number of nitrogens with zero attached hydrogens (tertiary/aromatic N) is 4. The topological polar surface area (TPSA) is 193 Å². The van der Waals surface area contributed by atoms with E-state index < -0.39 is 24.3 Å². The fourth-order valence-electron chi connectivity index (χ4n) is 12.6. The number of piperidine rings is 2. The fourth-order valence-corrected chi connectivity index (χ4v) is 12.6. The standard InChI is InChI=1S/C52H66N8O8/c1-27-17-35(18-28(2)67-27)43(57-49(63)65-7)47(61)59-39(21-51(5)23-41(51)59)45-53-25-37(55-45)33-13-9-31(10-14-33)32-11-15-34(16-12-32)38-26-54-46(56-38)40-22-52(6)24-42(52)60(40)48(62)44(58-50(64)66-8)36-19-29(3)68-30(4)20-36/h9-16,25-30,35-36,39-44H,17-24H2,1-8H3,(H,53,55)(H,54,56)(H,57,63)(H,58,64)/t27-,28-,29-,30-,39+,40+,41-,42-,43+,44+,51+,52+/m1/s1. The maximum absolute atomic E-state index is 14.6. The van der Waals surface area contributed by atoms with Crippen LogP contribution in [0.2, 0.25) is 0 Å². The van der Waals surface area contributed by atoms with E-state index in [1.54, 1.807) is 0 Å². The number of rotatable bonds is 11. The Hall–Kier alpha value is -5.74. The first-order valence-corrected chi connectivity index (χ1v) is 24.5. The third-order valence-corrected chi connectivity index (χ3v) is 16.2. The second kappa shape index (κ2) is 17.7. The van der Waals surface area contributed by atoms with Gasteiger partial charge >= 0.3 is 12.2 Å². The van der Waals surface area contributed by atoms with Crippen LogP contribution in [0.25, 0.3) is 33.6 Å². The van der Waals surface area contributed by atoms with Crippen molar-refractivity contribution in [1.82, 2.24) is 40.4 Å². The third kappa shape index (κ3) is 8.67. The molecular formula is C52H66N8O8. The molecule has 2 aromatic carbocycles. The molecule has 16 nitrogen and oxygen atoms in total. The Morgan fingerprint density at radius 2 is 0.926 bits per heavy atom. The highest BCUT2D eigenvalue weighted by atomic mass is 16.5. The zero-order valence-corrected chi connectivity index (χ0v) is 40.4. The lowest BCUT2D eigenvalue weighted by Crippen LogP contribution is -2.55. The van der Waals surface area contributed by atoms with Crippen LogP contribution in [0.1, 0.15) is 117 Å². The first kappa shape index (κ1) is 46.0. The normalized spacial score (nSPS) is 33.5. The van der Waals surface area contributed by atoms with Crippen molar-refractivity contribution < 1.29 is 38.1 Å². The minimum Gasteiger partial charge on any atom is -0.453 e. The van der Waals surface area contributed by atoms with Crippen molar-refractivity contribution in [1.29, 1.82) is 0 Å². The number of fused-ring (bicyclic) bond motifs is 2. The Kier molecular flexibility index (Phi) is 11.9. The second-order valence-electron chi connectivity index (χ2n) is 21.4. The maximum atomic E-state index is 14.6. The van der Waals surface area contributed by atoms with E-state index in [0.29, 0.717) is 25.7 Å². The zero-order chi connectivity index (χ0) is 47.8. The van der Waals surface area contributed by atoms with E-state index in [-0.39, 0.29) is 83.1 Å². The molecule has 2 aliphatic carbocycles. The summed E-state index contributed by atoms with van der Waals surface area (Å²) in [6, 6.07) is 14.9. The van der Waals surface area contributed by atoms with Crippen molar-refractivity contribution in [2.24, 2.45) is 22.7 Å². The number of nitrogens with one attached hydrogen (secondary N) is 4. The Bertz CT molecular complexity index is 2350. The monoisotopic (exact) mass is 931 g/mol. The molecule has 4 amide bonds. The Morgan fingerprint density at radius 1 is 0.588 bits per heavy atom. The number of alkyl carbamates (subject to hydrolysis) is 2. The summed E-state index contributed by atoms with van der Waals surface area (Å²) < 4.78 is 22.0. The molecule has 68 heavy (non-hydrogen) atoms. The van der Waals surface area contributed by atoms with Gasteiger partial charge in [-0.25, -0.2) is 19.6 Å². The molecule has 16 heteroatoms. The summed E-state index contributed by atoms with van der Waals surface area (Å²) in [5, 5.41) is 5.82. The van der Waals surface area contributed by atoms with Gasteiger partial charge in [0.25, 0.3) is 0 Å². The van der Waals surface area contributed by atoms with Gasteiger partial charge in [-0.1, -0.05) is 62.4 Å². The van der Waals surface area contributed by atoms with E-state index in [1.807, 2.05) is 49.9 Å². The molecule has 4 aliphatic heterocycles. The molecule has 6 aliphatic rings. The van der Waals surface area contributed by atoms with Crippen LogP contribution in [0.5, 0.6) is 0 Å². The van der Waals surface area contributed by atoms with E-state index in [9.17, 15) is 19.2 Å². The predicted molar refractivity (Wildman–Crippen MR) is 253 cm³/mol. The van der Waals surface area contributed by atoms with E-state index in [0.717, 1.165) is 71.0 Å². The molecule has 4 N–H and O–H groups in total. The number of imidazole rings is 2. The highest BCUT2D eigenvalue weighted by Crippen LogP contribution is 2.64. The molecule has 2 aromatic heterocycles. The minimum absolute atomic E-state index is 0.00506. The molecule has 10 rings (SSSR count). The number of hydrogen-bond donors (Lipinski definition) is 4. The number of carbonyl (C=O) groups is 4. The van der Waals surface area contributed by atoms with Gasteiger partial charge in [-0.05, 0) is 124 Å². The van der Waals surface area contributed by atoms with Crippen molar-refractivity contribution in [3.63, 3.8) is 0 Å². The van der Waals surface area contributed by atoms with Crippen LogP contribution in [-0.2, 0) is 28.5 Å². The number of hydrogen-bond acceptors (Lipinski definition) is 10. The zero-order valence-electron chi connectivity index (χ0n) is 40.4. The van der Waals surface area contributed by atoms with Crippen LogP contribution in [0.3, 0.4) is 0 Å². The molecule has 6 fully saturated rings. The van der Waals surface area contributed by atoms with Gasteiger partial charge in [0.15, 0.2) is 0 Å². The van der Waals surface area contributed by atoms with Crippen molar-refractivity contribution >= 4 is 24.0 Å². The van der Waals surface area contributed by atoms with E-state index in [2.05, 4.69) is 83.0 Å². The van der Waals surface area contributed by atoms with Crippen LogP contribution in [-0.4, -0.2) is 117 Å². The number of carbonyl (C=O) groups excluding carboxylic acids is 4. The summed E-state index contributed by atoms with van der Waals surface area (Å²) >= 11 is 0. The van der Waals surface area contributed by atoms with Crippen molar-refractivity contribution in [2.75, 3.05) is 14.2 Å². The minimum atomic E-state index is -0.725. The van der Waals surface area contributed by atoms with E-state index in [4.69, 9.17) is 28.9 Å². The second-order valence-corrected chi connectivity index (χ2v) is 21.4. The number of likely N-dealkylation sites (tertiary alicyclic amines) is 2. The molecule has 4 saturated heterocycles. The van der Waals surface area contributed by atoms with Crippen LogP contribution in [0, 0.1) is 22.7 Å². The average molecular weight is 931 g/mol. The molecular weight excluding hydrogens is 865 g/mol. The molecule has 0 bridgehead atoms. The van der Waals surface area contributed by atoms with Gasteiger partial charge in [0.05, 0.1) is 74.5 Å². The number of aromatic nitrogens is 4. The number of aromatic amines is 2. The quantitative estimate of drug-likeness (QED) is 0.114. The van der Waals surface area contributed by atoms with Gasteiger partial charge in [-0.15, -0.1) is 0 Å². The maximum Gasteiger partial charge on any atom is 0.407 e. The van der Waals surface area contributed by atoms with Crippen molar-refractivity contribution in [3.05, 3.63) is 72.6 Å². The number of benzene rings is 2. The van der Waals surface area contributed by atoms with Crippen molar-refractivity contribution in [2.45, 2.75) is 154 Å². The van der Waals surface area contributed by atoms with E-state index >= 15 is 0 Å². The van der Waals surface area contributed by atoms with Gasteiger partial charge in [0.1, 0.15) is 23.7 Å². The molecule has 0 radical (unpaired) electrons. The number of amides is 4. The summed E-state index contributed by atoms with van der Waals surface area (Å²) in [5.41, 5.74) is 5.81. The van der Waals surface area contributed by atoms with Crippen molar-refractivity contribution in [3.8, 4) is 33.6 Å². The number of methoxy groups -OCH3 is 2. The first-order valence-electron chi connectivity index (χ1n) is 24.5. The van der Waals surface area contributed by atoms with Gasteiger partial charge in [-0.2, -0.15) is 0 Å². The fraction of sp³-hybridized carbons (Fsp3) is 0.577. The molecule has 2 saturated carbocycles. The summed E-state index contributed by atoms with van der Waals surface area (Å²) in [7, 11) is 2.65. The third-order valence-electron chi connectivity index (χ3n) is 16.2. The van der Waals surface area contributed by atoms with Gasteiger partial charge in [-0.3, -0.25) is 9.59 Å². The molecule has 0 spiro atoms. The highest BCUT2D eigenvalue weighted by molar-refractivity contribution is 5.88. The van der Waals surface area contributed by atoms with Crippen LogP contribution in [0.15, 0.2) is 60.9 Å². The highest BCUT2D eigenvalue weighted by Gasteiger charge is 2.66. The van der Waals surface area contributed by atoms with Gasteiger partial charge in [0, 0.05) is 12.1 Å². The number of H-pyrrole nitrogens is 2. The lowest BCUT2D eigenvalue weighted by atomic mass is 9.85. The largest absolute Gasteiger partial charge is 0.453 e. The molecule has 12 atom stereocenters. The van der Waals surface area contributed by atoms with Crippen LogP contribution in [0.4, 0.5) is 9.59 Å². The summed E-state index contributed by atoms with van der Waals surface area (Å²) in [5.74, 6) is 1.14. The van der Waals surface area contributed by atoms with Gasteiger partial charge < -0.3 is 49.3 Å². The molecule has 4 aromatic rings. The molecule has 0 unspecified atom stereocenters. The van der Waals surface area contributed by atoms with Gasteiger partial charge in [0.2, 0.25) is 11.8 Å². The Balaban J connectivity index is 0.821. The van der Waals surface area contributed by atoms with E-state index in [1.165, 1.54) is 14.2 Å². The SMILES string of the molecule is COC(=O)N[C@H](C(=O)N1[C@H](c2ncc(-c3ccc(-c4ccc(-c5cnc([C@@H]6C[C@@]7(C)C[C@H]7N6C(=O)[C@@H](NC(=O)OC)C6C[C@@H](C)O[C@H](C)C6)[nH]5)cc4)cc3)[nH]2)C[C@@]2(C)C[C@@H]12)C1C[C@@H](C)O[C@H](C)C1. The van der Waals surface area contributed by atoms with Crippen LogP contribution >= 0.6 is 0 Å². The summed E-state index contributed by atoms with van der Waals surface area (Å²) in [6.45, 7) is 12.5. The lowest BCUT2D eigenvalue weighted by Gasteiger charge is -2.38. The predicted octanol–water partition coefficient (Wildman–Crippen LogP) is 8.09. The first-order chi connectivity index (χ1) is 32.5. The molecule has 6 heterocycles. The summed E-state index contributed by atoms with van der Waals surface area (Å²) in [4.78, 5) is 75.2. The number of ether oxygens (including phenoxy) is 4. The molecule has 362 valence electrons. The smallest absolute Gasteiger partial charge is 0.407 e. The lowest BCUT2D eigenvalue weighted by molar-refractivity contribution is -0.140. The Morgan fingerprint density at radius 3 is 1.26 bits per heavy atom. The van der Waals surface area contributed by atoms with Crippen LogP contribution < -0.4 is 10.6 Å².